The molecule has 2 N–H and O–H groups in total. The van der Waals surface area contributed by atoms with Crippen LogP contribution in [0.2, 0.25) is 0 Å². The summed E-state index contributed by atoms with van der Waals surface area (Å²) in [6.45, 7) is 0. The zero-order chi connectivity index (χ0) is 22.1. The van der Waals surface area contributed by atoms with Crippen LogP contribution >= 0.6 is 11.3 Å². The number of amides is 1. The van der Waals surface area contributed by atoms with Gasteiger partial charge < -0.3 is 10.4 Å². The minimum Gasteiger partial charge on any atom is -0.387 e. The third kappa shape index (κ3) is 4.12. The quantitative estimate of drug-likeness (QED) is 0.637. The normalized spacial score (nSPS) is 34.2. The van der Waals surface area contributed by atoms with E-state index in [1.165, 1.54) is 0 Å². The van der Waals surface area contributed by atoms with Crippen molar-refractivity contribution in [3.05, 3.63) is 16.5 Å². The van der Waals surface area contributed by atoms with Crippen LogP contribution in [0.15, 0.2) is 6.07 Å². The lowest BCUT2D eigenvalue weighted by Gasteiger charge is -2.58. The minimum absolute atomic E-state index is 0.0531. The summed E-state index contributed by atoms with van der Waals surface area (Å²) in [5, 5.41) is 12.5. The maximum absolute atomic E-state index is 15.1. The zero-order valence-corrected chi connectivity index (χ0v) is 17.9. The van der Waals surface area contributed by atoms with E-state index in [1.807, 2.05) is 0 Å². The number of aliphatic hydroxyl groups is 1. The molecule has 4 saturated carbocycles. The summed E-state index contributed by atoms with van der Waals surface area (Å²) in [6.07, 6.45) is -2.79. The number of halogens is 4. The molecule has 4 aliphatic carbocycles. The lowest BCUT2D eigenvalue weighted by Crippen LogP contribution is -2.57. The molecule has 1 amide bonds. The van der Waals surface area contributed by atoms with E-state index in [0.29, 0.717) is 31.7 Å². The maximum Gasteiger partial charge on any atom is 0.425 e. The van der Waals surface area contributed by atoms with Crippen molar-refractivity contribution in [3.63, 3.8) is 0 Å². The van der Waals surface area contributed by atoms with E-state index in [-0.39, 0.29) is 40.2 Å². The van der Waals surface area contributed by atoms with E-state index < -0.39 is 49.7 Å². The number of carbonyl (C=O) groups excluding carboxylic acids is 1. The first-order chi connectivity index (χ1) is 13.7. The molecule has 0 radical (unpaired) electrons. The fourth-order valence-electron chi connectivity index (χ4n) is 5.92. The number of carbonyl (C=O) groups is 1. The van der Waals surface area contributed by atoms with Crippen LogP contribution in [0.4, 0.5) is 22.6 Å². The third-order valence-corrected chi connectivity index (χ3v) is 8.59. The molecule has 4 bridgehead atoms. The molecular weight excluding hydrogens is 446 g/mol. The van der Waals surface area contributed by atoms with Gasteiger partial charge in [-0.25, -0.2) is 12.8 Å². The van der Waals surface area contributed by atoms with Gasteiger partial charge >= 0.3 is 6.18 Å². The number of aliphatic hydroxyl groups excluding tert-OH is 1. The molecule has 4 aliphatic rings. The Labute approximate surface area is 175 Å². The molecule has 5 nitrogen and oxygen atoms in total. The zero-order valence-electron chi connectivity index (χ0n) is 16.3. The number of rotatable bonds is 5. The Kier molecular flexibility index (Phi) is 5.06. The molecular formula is C19H23F4NO4S2. The molecule has 1 aromatic heterocycles. The van der Waals surface area contributed by atoms with Crippen molar-refractivity contribution in [1.82, 2.24) is 0 Å². The van der Waals surface area contributed by atoms with Gasteiger partial charge in [0.15, 0.2) is 0 Å². The van der Waals surface area contributed by atoms with E-state index in [4.69, 9.17) is 0 Å². The smallest absolute Gasteiger partial charge is 0.387 e. The third-order valence-electron chi connectivity index (χ3n) is 6.56. The van der Waals surface area contributed by atoms with Crippen LogP contribution in [-0.4, -0.2) is 37.1 Å². The van der Waals surface area contributed by atoms with Crippen molar-refractivity contribution in [3.8, 4) is 0 Å². The van der Waals surface area contributed by atoms with Gasteiger partial charge in [0.25, 0.3) is 0 Å². The predicted molar refractivity (Wildman–Crippen MR) is 104 cm³/mol. The van der Waals surface area contributed by atoms with Crippen molar-refractivity contribution in [1.29, 1.82) is 0 Å². The Balaban J connectivity index is 1.64. The van der Waals surface area contributed by atoms with Crippen molar-refractivity contribution in [2.75, 3.05) is 17.3 Å². The summed E-state index contributed by atoms with van der Waals surface area (Å²) in [7, 11) is -3.68. The van der Waals surface area contributed by atoms with Gasteiger partial charge in [-0.05, 0) is 56.4 Å². The summed E-state index contributed by atoms with van der Waals surface area (Å²) < 4.78 is 77.9. The van der Waals surface area contributed by atoms with E-state index in [1.54, 1.807) is 0 Å². The van der Waals surface area contributed by atoms with Crippen LogP contribution < -0.4 is 5.32 Å². The van der Waals surface area contributed by atoms with Gasteiger partial charge in [0.2, 0.25) is 5.91 Å². The van der Waals surface area contributed by atoms with Gasteiger partial charge in [-0.3, -0.25) is 4.79 Å². The van der Waals surface area contributed by atoms with Gasteiger partial charge in [0.05, 0.1) is 17.3 Å². The highest BCUT2D eigenvalue weighted by atomic mass is 32.2. The largest absolute Gasteiger partial charge is 0.425 e. The highest BCUT2D eigenvalue weighted by Crippen LogP contribution is 2.63. The van der Waals surface area contributed by atoms with Crippen LogP contribution in [0.1, 0.15) is 55.1 Å². The van der Waals surface area contributed by atoms with Crippen molar-refractivity contribution in [2.45, 2.75) is 56.5 Å². The number of alkyl halides is 4. The Bertz CT molecular complexity index is 958. The molecule has 0 aliphatic heterocycles. The second-order valence-electron chi connectivity index (χ2n) is 9.35. The molecule has 168 valence electrons. The van der Waals surface area contributed by atoms with Gasteiger partial charge in [-0.15, -0.1) is 11.3 Å². The predicted octanol–water partition coefficient (Wildman–Crippen LogP) is 4.09. The summed E-state index contributed by atoms with van der Waals surface area (Å²) >= 11 is 0.247. The number of hydrogen-bond acceptors (Lipinski definition) is 5. The van der Waals surface area contributed by atoms with Crippen LogP contribution in [-0.2, 0) is 20.8 Å². The van der Waals surface area contributed by atoms with Gasteiger partial charge in [-0.1, -0.05) is 0 Å². The van der Waals surface area contributed by atoms with E-state index in [2.05, 4.69) is 5.32 Å². The Morgan fingerprint density at radius 1 is 1.30 bits per heavy atom. The lowest BCUT2D eigenvalue weighted by atomic mass is 9.48. The van der Waals surface area contributed by atoms with Crippen LogP contribution in [0.25, 0.3) is 0 Å². The average Bonchev–Trinajstić information content (AvgIpc) is 2.95. The number of thiophene rings is 1. The van der Waals surface area contributed by atoms with Gasteiger partial charge in [0, 0.05) is 11.8 Å². The average molecular weight is 470 g/mol. The highest BCUT2D eigenvalue weighted by Gasteiger charge is 2.61. The van der Waals surface area contributed by atoms with Crippen LogP contribution in [0.5, 0.6) is 0 Å². The highest BCUT2D eigenvalue weighted by molar-refractivity contribution is 7.90. The standard InChI is InChI=1S/C19H23F4NO4S2/c1-30(27,28)8-13(25)12-3-14(19(21,22)23)29-15(12)24-16(26)17-4-10-2-11(5-17)7-18(20,6-10)9-17/h3,10-11,13,25H,2,4-9H2,1H3,(H,24,26). The van der Waals surface area contributed by atoms with Crippen LogP contribution in [0, 0.1) is 17.3 Å². The molecule has 30 heavy (non-hydrogen) atoms. The molecule has 0 aromatic carbocycles. The number of sulfone groups is 1. The summed E-state index contributed by atoms with van der Waals surface area (Å²) in [5.41, 5.74) is -2.67. The second-order valence-corrected chi connectivity index (χ2v) is 12.6. The molecule has 3 atom stereocenters. The fourth-order valence-corrected chi connectivity index (χ4v) is 7.65. The Morgan fingerprint density at radius 3 is 2.40 bits per heavy atom. The number of nitrogens with one attached hydrogen (secondary N) is 1. The van der Waals surface area contributed by atoms with Crippen LogP contribution in [0.3, 0.4) is 0 Å². The Hall–Kier alpha value is -1.20. The van der Waals surface area contributed by atoms with Crippen molar-refractivity contribution in [2.24, 2.45) is 17.3 Å². The maximum atomic E-state index is 15.1. The molecule has 0 spiro atoms. The van der Waals surface area contributed by atoms with Gasteiger partial charge in [0.1, 0.15) is 25.4 Å². The summed E-state index contributed by atoms with van der Waals surface area (Å²) in [4.78, 5) is 12.1. The van der Waals surface area contributed by atoms with E-state index in [9.17, 15) is 31.5 Å². The topological polar surface area (TPSA) is 83.5 Å². The van der Waals surface area contributed by atoms with Gasteiger partial charge in [-0.2, -0.15) is 13.2 Å². The van der Waals surface area contributed by atoms with E-state index in [0.717, 1.165) is 12.7 Å². The minimum atomic E-state index is -4.71. The molecule has 4 fully saturated rings. The monoisotopic (exact) mass is 469 g/mol. The first-order valence-electron chi connectivity index (χ1n) is 9.75. The molecule has 0 saturated heterocycles. The lowest BCUT2D eigenvalue weighted by molar-refractivity contribution is -0.155. The Morgan fingerprint density at radius 2 is 1.90 bits per heavy atom. The fraction of sp³-hybridized carbons (Fsp3) is 0.737. The first-order valence-corrected chi connectivity index (χ1v) is 12.6. The number of hydrogen-bond donors (Lipinski definition) is 2. The van der Waals surface area contributed by atoms with Crippen molar-refractivity contribution < 1.29 is 35.9 Å². The summed E-state index contributed by atoms with van der Waals surface area (Å²) in [6, 6.07) is 0.673. The second kappa shape index (κ2) is 6.90. The SMILES string of the molecule is CS(=O)(=O)CC(O)c1cc(C(F)(F)F)sc1NC(=O)C12CC3CC(CC(F)(C3)C1)C2. The summed E-state index contributed by atoms with van der Waals surface area (Å²) in [5.74, 6) is -1.13. The molecule has 11 heteroatoms. The molecule has 3 unspecified atom stereocenters. The van der Waals surface area contributed by atoms with Crippen molar-refractivity contribution >= 4 is 32.1 Å². The number of anilines is 1. The molecule has 1 aromatic rings. The molecule has 1 heterocycles. The molecule has 5 rings (SSSR count). The van der Waals surface area contributed by atoms with E-state index >= 15 is 4.39 Å². The first kappa shape index (κ1) is 22.0.